The van der Waals surface area contributed by atoms with Gasteiger partial charge >= 0.3 is 0 Å². The standard InChI is InChI=1S/C12H14ClFN2O2/c1-7-12(2,3-4-18-7)16-11(17)9-5-8(14)6-15-10(9)13/h5-7H,3-4H2,1-2H3,(H,16,17). The first-order valence-corrected chi connectivity index (χ1v) is 6.05. The van der Waals surface area contributed by atoms with Gasteiger partial charge in [-0.3, -0.25) is 4.79 Å². The largest absolute Gasteiger partial charge is 0.376 e. The number of hydrogen-bond donors (Lipinski definition) is 1. The fourth-order valence-electron chi connectivity index (χ4n) is 1.91. The molecule has 1 aromatic rings. The van der Waals surface area contributed by atoms with Crippen molar-refractivity contribution in [3.8, 4) is 0 Å². The van der Waals surface area contributed by atoms with Crippen molar-refractivity contribution in [3.05, 3.63) is 28.8 Å². The Bertz CT molecular complexity index is 483. The number of pyridine rings is 1. The summed E-state index contributed by atoms with van der Waals surface area (Å²) in [7, 11) is 0. The molecule has 1 aliphatic heterocycles. The number of nitrogens with zero attached hydrogens (tertiary/aromatic N) is 1. The molecule has 2 atom stereocenters. The van der Waals surface area contributed by atoms with Crippen LogP contribution in [0.5, 0.6) is 0 Å². The first-order valence-electron chi connectivity index (χ1n) is 5.67. The molecule has 0 spiro atoms. The number of amides is 1. The predicted octanol–water partition coefficient (Wildman–Crippen LogP) is 2.17. The number of halogens is 2. The van der Waals surface area contributed by atoms with Gasteiger partial charge in [0.15, 0.2) is 0 Å². The molecule has 2 unspecified atom stereocenters. The zero-order chi connectivity index (χ0) is 13.3. The molecule has 0 bridgehead atoms. The molecule has 1 N–H and O–H groups in total. The minimum atomic E-state index is -0.592. The topological polar surface area (TPSA) is 51.2 Å². The first-order chi connectivity index (χ1) is 8.42. The summed E-state index contributed by atoms with van der Waals surface area (Å²) < 4.78 is 18.5. The Morgan fingerprint density at radius 1 is 1.72 bits per heavy atom. The molecule has 1 amide bonds. The van der Waals surface area contributed by atoms with Crippen LogP contribution in [0, 0.1) is 5.82 Å². The molecular formula is C12H14ClFN2O2. The van der Waals surface area contributed by atoms with Crippen molar-refractivity contribution in [1.82, 2.24) is 10.3 Å². The molecule has 2 rings (SSSR count). The molecule has 1 saturated heterocycles. The number of nitrogens with one attached hydrogen (secondary N) is 1. The van der Waals surface area contributed by atoms with Crippen molar-refractivity contribution < 1.29 is 13.9 Å². The van der Waals surface area contributed by atoms with E-state index in [1.807, 2.05) is 13.8 Å². The Hall–Kier alpha value is -1.20. The number of aromatic nitrogens is 1. The highest BCUT2D eigenvalue weighted by atomic mass is 35.5. The molecule has 0 aromatic carbocycles. The van der Waals surface area contributed by atoms with Gasteiger partial charge in [-0.05, 0) is 26.3 Å². The van der Waals surface area contributed by atoms with Crippen LogP contribution in [0.25, 0.3) is 0 Å². The molecule has 18 heavy (non-hydrogen) atoms. The Morgan fingerprint density at radius 3 is 3.06 bits per heavy atom. The van der Waals surface area contributed by atoms with E-state index >= 15 is 0 Å². The van der Waals surface area contributed by atoms with Gasteiger partial charge in [0.25, 0.3) is 5.91 Å². The van der Waals surface area contributed by atoms with Gasteiger partial charge in [0.1, 0.15) is 11.0 Å². The third-order valence-electron chi connectivity index (χ3n) is 3.34. The van der Waals surface area contributed by atoms with Crippen molar-refractivity contribution in [2.75, 3.05) is 6.61 Å². The summed E-state index contributed by atoms with van der Waals surface area (Å²) >= 11 is 5.79. The van der Waals surface area contributed by atoms with E-state index in [2.05, 4.69) is 10.3 Å². The highest BCUT2D eigenvalue weighted by Gasteiger charge is 2.38. The zero-order valence-electron chi connectivity index (χ0n) is 10.2. The molecule has 0 radical (unpaired) electrons. The molecule has 1 fully saturated rings. The van der Waals surface area contributed by atoms with Gasteiger partial charge < -0.3 is 10.1 Å². The van der Waals surface area contributed by atoms with Gasteiger partial charge in [-0.15, -0.1) is 0 Å². The van der Waals surface area contributed by atoms with Gasteiger partial charge in [-0.1, -0.05) is 11.6 Å². The van der Waals surface area contributed by atoms with Gasteiger partial charge in [0.2, 0.25) is 0 Å². The molecule has 6 heteroatoms. The van der Waals surface area contributed by atoms with Crippen LogP contribution < -0.4 is 5.32 Å². The summed E-state index contributed by atoms with van der Waals surface area (Å²) in [5.41, 5.74) is -0.427. The van der Waals surface area contributed by atoms with Crippen molar-refractivity contribution in [2.45, 2.75) is 31.9 Å². The van der Waals surface area contributed by atoms with Crippen LogP contribution in [0.3, 0.4) is 0 Å². The van der Waals surface area contributed by atoms with Crippen molar-refractivity contribution in [2.24, 2.45) is 0 Å². The van der Waals surface area contributed by atoms with E-state index in [0.717, 1.165) is 12.3 Å². The van der Waals surface area contributed by atoms with E-state index in [4.69, 9.17) is 16.3 Å². The van der Waals surface area contributed by atoms with Crippen LogP contribution in [-0.2, 0) is 4.74 Å². The zero-order valence-corrected chi connectivity index (χ0v) is 10.9. The number of carbonyl (C=O) groups is 1. The minimum Gasteiger partial charge on any atom is -0.376 e. The van der Waals surface area contributed by atoms with E-state index in [0.29, 0.717) is 13.0 Å². The van der Waals surface area contributed by atoms with Crippen LogP contribution in [0.2, 0.25) is 5.15 Å². The van der Waals surface area contributed by atoms with Crippen molar-refractivity contribution >= 4 is 17.5 Å². The van der Waals surface area contributed by atoms with E-state index in [1.165, 1.54) is 0 Å². The Labute approximate surface area is 109 Å². The van der Waals surface area contributed by atoms with Crippen LogP contribution in [0.1, 0.15) is 30.6 Å². The first kappa shape index (κ1) is 13.2. The SMILES string of the molecule is CC1OCCC1(C)NC(=O)c1cc(F)cnc1Cl. The number of hydrogen-bond acceptors (Lipinski definition) is 3. The quantitative estimate of drug-likeness (QED) is 0.840. The normalized spacial score (nSPS) is 27.2. The average molecular weight is 273 g/mol. The Kier molecular flexibility index (Phi) is 3.54. The average Bonchev–Trinajstić information content (AvgIpc) is 2.62. The van der Waals surface area contributed by atoms with Crippen LogP contribution in [-0.4, -0.2) is 29.1 Å². The summed E-state index contributed by atoms with van der Waals surface area (Å²) in [6.07, 6.45) is 1.59. The molecule has 98 valence electrons. The second kappa shape index (κ2) is 4.82. The van der Waals surface area contributed by atoms with Crippen molar-refractivity contribution in [3.63, 3.8) is 0 Å². The van der Waals surface area contributed by atoms with E-state index < -0.39 is 17.3 Å². The lowest BCUT2D eigenvalue weighted by molar-refractivity contribution is 0.0727. The minimum absolute atomic E-state index is 0.0101. The Morgan fingerprint density at radius 2 is 2.44 bits per heavy atom. The predicted molar refractivity (Wildman–Crippen MR) is 65.1 cm³/mol. The lowest BCUT2D eigenvalue weighted by Gasteiger charge is -2.28. The third kappa shape index (κ3) is 2.47. The third-order valence-corrected chi connectivity index (χ3v) is 3.64. The highest BCUT2D eigenvalue weighted by molar-refractivity contribution is 6.32. The summed E-state index contributed by atoms with van der Waals surface area (Å²) in [5.74, 6) is -1.03. The van der Waals surface area contributed by atoms with Crippen molar-refractivity contribution in [1.29, 1.82) is 0 Å². The van der Waals surface area contributed by atoms with Gasteiger partial charge in [0.05, 0.1) is 23.4 Å². The summed E-state index contributed by atoms with van der Waals surface area (Å²) in [6, 6.07) is 1.08. The van der Waals surface area contributed by atoms with E-state index in [9.17, 15) is 9.18 Å². The molecule has 0 aliphatic carbocycles. The van der Waals surface area contributed by atoms with Crippen LogP contribution >= 0.6 is 11.6 Å². The monoisotopic (exact) mass is 272 g/mol. The van der Waals surface area contributed by atoms with Gasteiger partial charge in [0, 0.05) is 6.61 Å². The van der Waals surface area contributed by atoms with Crippen LogP contribution in [0.4, 0.5) is 4.39 Å². The summed E-state index contributed by atoms with van der Waals surface area (Å²) in [4.78, 5) is 15.7. The number of carbonyl (C=O) groups excluding carboxylic acids is 1. The second-order valence-electron chi connectivity index (χ2n) is 4.63. The van der Waals surface area contributed by atoms with E-state index in [1.54, 1.807) is 0 Å². The fourth-order valence-corrected chi connectivity index (χ4v) is 2.10. The maximum atomic E-state index is 13.1. The van der Waals surface area contributed by atoms with Crippen LogP contribution in [0.15, 0.2) is 12.3 Å². The Balaban J connectivity index is 2.19. The molecular weight excluding hydrogens is 259 g/mol. The molecule has 2 heterocycles. The van der Waals surface area contributed by atoms with Gasteiger partial charge in [-0.25, -0.2) is 9.37 Å². The number of rotatable bonds is 2. The lowest BCUT2D eigenvalue weighted by Crippen LogP contribution is -2.50. The molecule has 1 aliphatic rings. The van der Waals surface area contributed by atoms with E-state index in [-0.39, 0.29) is 16.8 Å². The summed E-state index contributed by atoms with van der Waals surface area (Å²) in [5, 5.41) is 2.82. The second-order valence-corrected chi connectivity index (χ2v) is 4.98. The fraction of sp³-hybridized carbons (Fsp3) is 0.500. The van der Waals surface area contributed by atoms with Gasteiger partial charge in [-0.2, -0.15) is 0 Å². The maximum Gasteiger partial charge on any atom is 0.255 e. The lowest BCUT2D eigenvalue weighted by atomic mass is 9.94. The highest BCUT2D eigenvalue weighted by Crippen LogP contribution is 2.26. The maximum absolute atomic E-state index is 13.1. The number of ether oxygens (including phenoxy) is 1. The molecule has 4 nitrogen and oxygen atoms in total. The summed E-state index contributed by atoms with van der Waals surface area (Å²) in [6.45, 7) is 4.37. The molecule has 0 saturated carbocycles. The molecule has 1 aromatic heterocycles. The smallest absolute Gasteiger partial charge is 0.255 e.